The Morgan fingerprint density at radius 3 is 2.58 bits per heavy atom. The number of rotatable bonds is 9. The van der Waals surface area contributed by atoms with Crippen molar-refractivity contribution in [2.75, 3.05) is 44.7 Å². The third-order valence-electron chi connectivity index (χ3n) is 6.79. The molecule has 3 aromatic carbocycles. The van der Waals surface area contributed by atoms with Gasteiger partial charge in [0.2, 0.25) is 0 Å². The molecule has 1 N–H and O–H groups in total. The van der Waals surface area contributed by atoms with Crippen LogP contribution in [0.2, 0.25) is 5.02 Å². The van der Waals surface area contributed by atoms with Crippen molar-refractivity contribution >= 4 is 39.2 Å². The fourth-order valence-corrected chi connectivity index (χ4v) is 5.08. The zero-order valence-electron chi connectivity index (χ0n) is 22.3. The first-order valence-electron chi connectivity index (χ1n) is 13.0. The zero-order chi connectivity index (χ0) is 27.1. The van der Waals surface area contributed by atoms with Gasteiger partial charge in [-0.15, -0.1) is 0 Å². The van der Waals surface area contributed by atoms with E-state index in [4.69, 9.17) is 16.3 Å². The Kier molecular flexibility index (Phi) is 9.94. The van der Waals surface area contributed by atoms with E-state index < -0.39 is 0 Å². The predicted molar refractivity (Wildman–Crippen MR) is 160 cm³/mol. The average molecular weight is 600 g/mol. The minimum absolute atomic E-state index is 0.0758. The Bertz CT molecular complexity index is 1230. The molecule has 38 heavy (non-hydrogen) atoms. The highest BCUT2D eigenvalue weighted by molar-refractivity contribution is 9.10. The van der Waals surface area contributed by atoms with Crippen LogP contribution in [0.4, 0.5) is 10.5 Å². The van der Waals surface area contributed by atoms with E-state index >= 15 is 0 Å². The van der Waals surface area contributed by atoms with Crippen LogP contribution in [0.25, 0.3) is 0 Å². The van der Waals surface area contributed by atoms with E-state index in [-0.39, 0.29) is 12.1 Å². The molecule has 6 nitrogen and oxygen atoms in total. The van der Waals surface area contributed by atoms with Crippen LogP contribution in [-0.2, 0) is 6.54 Å². The van der Waals surface area contributed by atoms with Gasteiger partial charge in [-0.2, -0.15) is 0 Å². The molecule has 1 saturated heterocycles. The highest BCUT2D eigenvalue weighted by Gasteiger charge is 2.19. The maximum atomic E-state index is 12.9. The van der Waals surface area contributed by atoms with Crippen LogP contribution < -0.4 is 15.0 Å². The summed E-state index contributed by atoms with van der Waals surface area (Å²) in [5, 5.41) is 3.76. The van der Waals surface area contributed by atoms with E-state index in [9.17, 15) is 4.79 Å². The number of piperazine rings is 1. The van der Waals surface area contributed by atoms with Crippen LogP contribution in [0.1, 0.15) is 24.5 Å². The number of ether oxygens (including phenoxy) is 1. The number of carbonyl (C=O) groups excluding carboxylic acids is 1. The maximum absolute atomic E-state index is 12.9. The lowest BCUT2D eigenvalue weighted by atomic mass is 10.1. The Morgan fingerprint density at radius 1 is 1.08 bits per heavy atom. The molecule has 0 saturated carbocycles. The highest BCUT2D eigenvalue weighted by atomic mass is 79.9. The van der Waals surface area contributed by atoms with Crippen molar-refractivity contribution in [3.05, 3.63) is 87.4 Å². The van der Waals surface area contributed by atoms with Gasteiger partial charge < -0.3 is 19.9 Å². The van der Waals surface area contributed by atoms with E-state index in [1.165, 1.54) is 11.3 Å². The summed E-state index contributed by atoms with van der Waals surface area (Å²) in [6.07, 6.45) is 0.908. The molecule has 0 radical (unpaired) electrons. The molecule has 1 atom stereocenters. The molecular formula is C30H36BrClN4O2. The van der Waals surface area contributed by atoms with E-state index in [2.05, 4.69) is 69.2 Å². The summed E-state index contributed by atoms with van der Waals surface area (Å²) in [5.41, 5.74) is 3.51. The Balaban J connectivity index is 1.24. The second-order valence-electron chi connectivity index (χ2n) is 9.97. The minimum atomic E-state index is -0.0987. The lowest BCUT2D eigenvalue weighted by molar-refractivity contribution is 0.198. The number of hydrogen-bond acceptors (Lipinski definition) is 4. The minimum Gasteiger partial charge on any atom is -0.457 e. The molecule has 202 valence electrons. The topological polar surface area (TPSA) is 48.0 Å². The second kappa shape index (κ2) is 13.4. The number of anilines is 1. The van der Waals surface area contributed by atoms with Crippen LogP contribution >= 0.6 is 27.5 Å². The third-order valence-corrected chi connectivity index (χ3v) is 7.52. The van der Waals surface area contributed by atoms with Gasteiger partial charge >= 0.3 is 6.03 Å². The molecule has 1 heterocycles. The number of aryl methyl sites for hydroxylation is 1. The predicted octanol–water partition coefficient (Wildman–Crippen LogP) is 6.95. The van der Waals surface area contributed by atoms with Gasteiger partial charge in [0, 0.05) is 66.6 Å². The molecule has 8 heteroatoms. The first-order valence-corrected chi connectivity index (χ1v) is 14.2. The Hall–Kier alpha value is -2.74. The van der Waals surface area contributed by atoms with Crippen molar-refractivity contribution in [1.82, 2.24) is 15.1 Å². The van der Waals surface area contributed by atoms with E-state index in [0.717, 1.165) is 49.2 Å². The summed E-state index contributed by atoms with van der Waals surface area (Å²) in [6, 6.07) is 21.8. The fourth-order valence-electron chi connectivity index (χ4n) is 4.56. The van der Waals surface area contributed by atoms with Crippen LogP contribution in [0, 0.1) is 6.92 Å². The molecule has 0 aromatic heterocycles. The molecule has 1 aliphatic heterocycles. The molecule has 0 aliphatic carbocycles. The molecule has 1 fully saturated rings. The lowest BCUT2D eigenvalue weighted by Gasteiger charge is -2.36. The largest absolute Gasteiger partial charge is 0.457 e. The van der Waals surface area contributed by atoms with Crippen molar-refractivity contribution in [1.29, 1.82) is 0 Å². The number of carbonyl (C=O) groups is 1. The standard InChI is InChI=1S/C30H36BrClN4O2/c1-22-6-4-8-27(18-22)36-16-14-35(15-17-36)13-12-23(2)33-30(37)34(3)21-24-10-11-25(31)19-29(24)38-28-9-5-7-26(32)20-28/h4-11,18-20,23H,12-17,21H2,1-3H3,(H,33,37). The van der Waals surface area contributed by atoms with Crippen LogP contribution in [0.3, 0.4) is 0 Å². The van der Waals surface area contributed by atoms with Gasteiger partial charge in [0.1, 0.15) is 11.5 Å². The first-order chi connectivity index (χ1) is 18.3. The van der Waals surface area contributed by atoms with Gasteiger partial charge in [-0.3, -0.25) is 4.90 Å². The number of halogens is 2. The summed E-state index contributed by atoms with van der Waals surface area (Å²) in [6.45, 7) is 9.72. The molecule has 1 unspecified atom stereocenters. The number of hydrogen-bond donors (Lipinski definition) is 1. The van der Waals surface area contributed by atoms with Crippen molar-refractivity contribution in [3.8, 4) is 11.5 Å². The normalized spacial score (nSPS) is 14.7. The van der Waals surface area contributed by atoms with E-state index in [0.29, 0.717) is 23.1 Å². The van der Waals surface area contributed by atoms with Gasteiger partial charge in [0.25, 0.3) is 0 Å². The summed E-state index contributed by atoms with van der Waals surface area (Å²) < 4.78 is 7.00. The summed E-state index contributed by atoms with van der Waals surface area (Å²) in [7, 11) is 1.80. The van der Waals surface area contributed by atoms with Crippen LogP contribution in [0.5, 0.6) is 11.5 Å². The zero-order valence-corrected chi connectivity index (χ0v) is 24.6. The van der Waals surface area contributed by atoms with E-state index in [1.807, 2.05) is 30.3 Å². The van der Waals surface area contributed by atoms with Crippen LogP contribution in [0.15, 0.2) is 71.2 Å². The number of nitrogens with zero attached hydrogens (tertiary/aromatic N) is 3. The van der Waals surface area contributed by atoms with Gasteiger partial charge in [-0.05, 0) is 68.3 Å². The average Bonchev–Trinajstić information content (AvgIpc) is 2.89. The summed E-state index contributed by atoms with van der Waals surface area (Å²) in [5.74, 6) is 1.33. The third kappa shape index (κ3) is 8.13. The van der Waals surface area contributed by atoms with E-state index in [1.54, 1.807) is 24.1 Å². The molecular weight excluding hydrogens is 564 g/mol. The van der Waals surface area contributed by atoms with Crippen molar-refractivity contribution in [2.24, 2.45) is 0 Å². The number of amides is 2. The van der Waals surface area contributed by atoms with Crippen LogP contribution in [-0.4, -0.2) is 61.6 Å². The lowest BCUT2D eigenvalue weighted by Crippen LogP contribution is -2.48. The first kappa shape index (κ1) is 28.3. The number of nitrogens with one attached hydrogen (secondary N) is 1. The maximum Gasteiger partial charge on any atom is 0.317 e. The van der Waals surface area contributed by atoms with Gasteiger partial charge in [0.15, 0.2) is 0 Å². The fraction of sp³-hybridized carbons (Fsp3) is 0.367. The van der Waals surface area contributed by atoms with Gasteiger partial charge in [0.05, 0.1) is 6.54 Å². The molecule has 1 aliphatic rings. The summed E-state index contributed by atoms with van der Waals surface area (Å²) in [4.78, 5) is 19.6. The Morgan fingerprint density at radius 2 is 1.84 bits per heavy atom. The second-order valence-corrected chi connectivity index (χ2v) is 11.3. The molecule has 4 rings (SSSR count). The molecule has 0 spiro atoms. The monoisotopic (exact) mass is 598 g/mol. The highest BCUT2D eigenvalue weighted by Crippen LogP contribution is 2.30. The van der Waals surface area contributed by atoms with Crippen molar-refractivity contribution in [3.63, 3.8) is 0 Å². The molecule has 0 bridgehead atoms. The quantitative estimate of drug-likeness (QED) is 0.289. The Labute approximate surface area is 239 Å². The van der Waals surface area contributed by atoms with Crippen molar-refractivity contribution in [2.45, 2.75) is 32.9 Å². The smallest absolute Gasteiger partial charge is 0.317 e. The number of benzene rings is 3. The molecule has 2 amide bonds. The summed E-state index contributed by atoms with van der Waals surface area (Å²) >= 11 is 9.63. The SMILES string of the molecule is Cc1cccc(N2CCN(CCC(C)NC(=O)N(C)Cc3ccc(Br)cc3Oc3cccc(Cl)c3)CC2)c1. The molecule has 3 aromatic rings. The number of urea groups is 1. The van der Waals surface area contributed by atoms with Crippen molar-refractivity contribution < 1.29 is 9.53 Å². The van der Waals surface area contributed by atoms with Gasteiger partial charge in [-0.25, -0.2) is 4.79 Å². The van der Waals surface area contributed by atoms with Gasteiger partial charge in [-0.1, -0.05) is 51.8 Å².